The molecule has 2 saturated heterocycles. The number of hydrogen-bond donors (Lipinski definition) is 2. The quantitative estimate of drug-likeness (QED) is 0.430. The molecule has 0 spiro atoms. The standard InChI is InChI=1S/C6H8O5/c7-3-2-1-10-6(11-2)5(9)4(3)8/h2-3,5-7,9H,1H2/t2-,3-,5-,6?/m1/s1. The Morgan fingerprint density at radius 2 is 2.09 bits per heavy atom. The molecule has 0 saturated carbocycles. The van der Waals surface area contributed by atoms with Gasteiger partial charge in [0, 0.05) is 0 Å². The summed E-state index contributed by atoms with van der Waals surface area (Å²) >= 11 is 0. The minimum Gasteiger partial charge on any atom is -0.382 e. The zero-order valence-corrected chi connectivity index (χ0v) is 5.64. The number of ketones is 1. The average Bonchev–Trinajstić information content (AvgIpc) is 2.44. The molecule has 0 aromatic heterocycles. The summed E-state index contributed by atoms with van der Waals surface area (Å²) in [6, 6.07) is 0. The molecule has 1 unspecified atom stereocenters. The molecule has 0 aromatic carbocycles. The third-order valence-electron chi connectivity index (χ3n) is 1.93. The summed E-state index contributed by atoms with van der Waals surface area (Å²) in [6.45, 7) is 0.175. The van der Waals surface area contributed by atoms with Crippen molar-refractivity contribution in [1.29, 1.82) is 0 Å². The van der Waals surface area contributed by atoms with Crippen LogP contribution in [0.4, 0.5) is 0 Å². The van der Waals surface area contributed by atoms with Crippen molar-refractivity contribution in [3.63, 3.8) is 0 Å². The van der Waals surface area contributed by atoms with Crippen LogP contribution in [0.3, 0.4) is 0 Å². The van der Waals surface area contributed by atoms with Crippen LogP contribution >= 0.6 is 0 Å². The van der Waals surface area contributed by atoms with Gasteiger partial charge in [0.25, 0.3) is 0 Å². The number of Topliss-reactive ketones (excluding diaryl/α,β-unsaturated/α-hetero) is 1. The first-order valence-electron chi connectivity index (χ1n) is 3.37. The van der Waals surface area contributed by atoms with Crippen LogP contribution in [0.1, 0.15) is 0 Å². The predicted octanol–water partition coefficient (Wildman–Crippen LogP) is -1.97. The van der Waals surface area contributed by atoms with Gasteiger partial charge < -0.3 is 19.7 Å². The van der Waals surface area contributed by atoms with Crippen molar-refractivity contribution in [2.75, 3.05) is 6.61 Å². The molecule has 0 amide bonds. The Labute approximate surface area is 62.5 Å². The van der Waals surface area contributed by atoms with Crippen LogP contribution in [0.25, 0.3) is 0 Å². The van der Waals surface area contributed by atoms with Crippen LogP contribution in [-0.2, 0) is 14.3 Å². The minimum absolute atomic E-state index is 0.175. The molecular weight excluding hydrogens is 152 g/mol. The van der Waals surface area contributed by atoms with Crippen molar-refractivity contribution in [2.24, 2.45) is 0 Å². The molecule has 2 fully saturated rings. The Morgan fingerprint density at radius 1 is 1.36 bits per heavy atom. The third-order valence-corrected chi connectivity index (χ3v) is 1.93. The Bertz CT molecular complexity index is 173. The zero-order chi connectivity index (χ0) is 8.01. The van der Waals surface area contributed by atoms with Gasteiger partial charge in [-0.25, -0.2) is 0 Å². The van der Waals surface area contributed by atoms with Gasteiger partial charge in [0.15, 0.2) is 18.2 Å². The number of aliphatic hydroxyl groups is 2. The molecule has 62 valence electrons. The molecule has 2 rings (SSSR count). The molecule has 5 nitrogen and oxygen atoms in total. The summed E-state index contributed by atoms with van der Waals surface area (Å²) in [5.74, 6) is -0.608. The minimum atomic E-state index is -1.33. The number of hydrogen-bond acceptors (Lipinski definition) is 5. The van der Waals surface area contributed by atoms with E-state index in [9.17, 15) is 4.79 Å². The van der Waals surface area contributed by atoms with Gasteiger partial charge >= 0.3 is 0 Å². The summed E-state index contributed by atoms with van der Waals surface area (Å²) in [5, 5.41) is 18.2. The van der Waals surface area contributed by atoms with Gasteiger partial charge in [-0.1, -0.05) is 0 Å². The second-order valence-corrected chi connectivity index (χ2v) is 2.67. The first-order chi connectivity index (χ1) is 5.20. The van der Waals surface area contributed by atoms with Gasteiger partial charge in [0.05, 0.1) is 6.61 Å². The van der Waals surface area contributed by atoms with Gasteiger partial charge in [0.1, 0.15) is 12.2 Å². The predicted molar refractivity (Wildman–Crippen MR) is 31.6 cm³/mol. The van der Waals surface area contributed by atoms with Crippen LogP contribution in [0.15, 0.2) is 0 Å². The van der Waals surface area contributed by atoms with Gasteiger partial charge in [-0.3, -0.25) is 4.79 Å². The monoisotopic (exact) mass is 160 g/mol. The van der Waals surface area contributed by atoms with Crippen molar-refractivity contribution < 1.29 is 24.5 Å². The summed E-state index contributed by atoms with van der Waals surface area (Å²) in [7, 11) is 0. The van der Waals surface area contributed by atoms with Crippen molar-refractivity contribution in [3.8, 4) is 0 Å². The highest BCUT2D eigenvalue weighted by Gasteiger charge is 2.48. The number of aliphatic hydroxyl groups excluding tert-OH is 2. The van der Waals surface area contributed by atoms with Crippen LogP contribution in [0, 0.1) is 0 Å². The van der Waals surface area contributed by atoms with E-state index in [4.69, 9.17) is 19.7 Å². The van der Waals surface area contributed by atoms with Gasteiger partial charge in [-0.2, -0.15) is 0 Å². The Hall–Kier alpha value is -0.490. The number of rotatable bonds is 0. The second kappa shape index (κ2) is 2.25. The maximum Gasteiger partial charge on any atom is 0.197 e. The van der Waals surface area contributed by atoms with Crippen LogP contribution < -0.4 is 0 Å². The summed E-state index contributed by atoms with van der Waals surface area (Å²) in [5.41, 5.74) is 0. The molecule has 2 heterocycles. The van der Waals surface area contributed by atoms with E-state index in [2.05, 4.69) is 0 Å². The van der Waals surface area contributed by atoms with E-state index in [1.165, 1.54) is 0 Å². The van der Waals surface area contributed by atoms with E-state index >= 15 is 0 Å². The maximum atomic E-state index is 10.9. The number of carbonyl (C=O) groups excluding carboxylic acids is 1. The van der Waals surface area contributed by atoms with Crippen LogP contribution in [0.5, 0.6) is 0 Å². The number of carbonyl (C=O) groups is 1. The number of fused-ring (bicyclic) bond motifs is 2. The van der Waals surface area contributed by atoms with Crippen molar-refractivity contribution in [1.82, 2.24) is 0 Å². The van der Waals surface area contributed by atoms with Crippen LogP contribution in [-0.4, -0.2) is 47.2 Å². The fourth-order valence-corrected chi connectivity index (χ4v) is 1.26. The smallest absolute Gasteiger partial charge is 0.197 e. The van der Waals surface area contributed by atoms with Crippen LogP contribution in [0.2, 0.25) is 0 Å². The third kappa shape index (κ3) is 0.893. The van der Waals surface area contributed by atoms with E-state index in [1.54, 1.807) is 0 Å². The molecule has 2 aliphatic heterocycles. The van der Waals surface area contributed by atoms with Crippen molar-refractivity contribution in [3.05, 3.63) is 0 Å². The molecule has 2 bridgehead atoms. The van der Waals surface area contributed by atoms with E-state index in [1.807, 2.05) is 0 Å². The van der Waals surface area contributed by atoms with Gasteiger partial charge in [0.2, 0.25) is 0 Å². The SMILES string of the molecule is O=C1[C@@H](O)C2OC[C@@H](O2)[C@H]1O. The molecule has 4 atom stereocenters. The summed E-state index contributed by atoms with van der Waals surface area (Å²) < 4.78 is 9.83. The van der Waals surface area contributed by atoms with Gasteiger partial charge in [-0.15, -0.1) is 0 Å². The maximum absolute atomic E-state index is 10.9. The Morgan fingerprint density at radius 3 is 2.82 bits per heavy atom. The lowest BCUT2D eigenvalue weighted by Gasteiger charge is -2.25. The molecule has 11 heavy (non-hydrogen) atoms. The zero-order valence-electron chi connectivity index (χ0n) is 5.64. The molecule has 5 heteroatoms. The fourth-order valence-electron chi connectivity index (χ4n) is 1.26. The lowest BCUT2D eigenvalue weighted by Crippen LogP contribution is -2.50. The lowest BCUT2D eigenvalue weighted by atomic mass is 10.0. The van der Waals surface area contributed by atoms with Crippen molar-refractivity contribution in [2.45, 2.75) is 24.6 Å². The van der Waals surface area contributed by atoms with Crippen molar-refractivity contribution >= 4 is 5.78 Å². The number of ether oxygens (including phenoxy) is 2. The molecule has 2 aliphatic rings. The van der Waals surface area contributed by atoms with E-state index in [0.29, 0.717) is 0 Å². The Kier molecular flexibility index (Phi) is 1.47. The highest BCUT2D eigenvalue weighted by Crippen LogP contribution is 2.24. The van der Waals surface area contributed by atoms with E-state index in [0.717, 1.165) is 0 Å². The Balaban J connectivity index is 2.23. The highest BCUT2D eigenvalue weighted by atomic mass is 16.7. The van der Waals surface area contributed by atoms with E-state index < -0.39 is 30.4 Å². The highest BCUT2D eigenvalue weighted by molar-refractivity contribution is 5.88. The van der Waals surface area contributed by atoms with Gasteiger partial charge in [-0.05, 0) is 0 Å². The fraction of sp³-hybridized carbons (Fsp3) is 0.833. The molecule has 0 aromatic rings. The second-order valence-electron chi connectivity index (χ2n) is 2.67. The normalized spacial score (nSPS) is 49.8. The molecule has 0 aliphatic carbocycles. The lowest BCUT2D eigenvalue weighted by molar-refractivity contribution is -0.188. The first-order valence-corrected chi connectivity index (χ1v) is 3.37. The summed E-state index contributed by atoms with van der Waals surface area (Å²) in [4.78, 5) is 10.9. The summed E-state index contributed by atoms with van der Waals surface area (Å²) in [6.07, 6.45) is -4.01. The largest absolute Gasteiger partial charge is 0.382 e. The molecule has 2 N–H and O–H groups in total. The van der Waals surface area contributed by atoms with E-state index in [-0.39, 0.29) is 6.61 Å². The molecular formula is C6H8O5. The first kappa shape index (κ1) is 7.17. The molecule has 0 radical (unpaired) electrons. The topological polar surface area (TPSA) is 76.0 Å². The average molecular weight is 160 g/mol.